The third-order valence-electron chi connectivity index (χ3n) is 1.94. The summed E-state index contributed by atoms with van der Waals surface area (Å²) >= 11 is 0. The molecule has 0 unspecified atom stereocenters. The maximum absolute atomic E-state index is 11.0. The normalized spacial score (nSPS) is 10.5. The predicted molar refractivity (Wildman–Crippen MR) is 54.9 cm³/mol. The number of aromatic nitrogens is 2. The fourth-order valence-electron chi connectivity index (χ4n) is 1.07. The summed E-state index contributed by atoms with van der Waals surface area (Å²) in [6, 6.07) is 0. The molecule has 0 aliphatic rings. The van der Waals surface area contributed by atoms with Crippen LogP contribution in [0.2, 0.25) is 0 Å². The first kappa shape index (κ1) is 11.9. The summed E-state index contributed by atoms with van der Waals surface area (Å²) in [7, 11) is 1.63. The monoisotopic (exact) mass is 212 g/mol. The fraction of sp³-hybridized carbons (Fsp3) is 0.600. The number of methoxy groups -OCH3 is 1. The third kappa shape index (κ3) is 4.22. The molecule has 0 radical (unpaired) electrons. The van der Waals surface area contributed by atoms with E-state index in [0.717, 1.165) is 0 Å². The Kier molecular flexibility index (Phi) is 5.00. The van der Waals surface area contributed by atoms with Gasteiger partial charge >= 0.3 is 0 Å². The van der Waals surface area contributed by atoms with Crippen LogP contribution in [0, 0.1) is 0 Å². The van der Waals surface area contributed by atoms with Gasteiger partial charge in [-0.25, -0.2) is 0 Å². The van der Waals surface area contributed by atoms with Crippen LogP contribution in [0.25, 0.3) is 0 Å². The summed E-state index contributed by atoms with van der Waals surface area (Å²) < 4.78 is 11.8. The van der Waals surface area contributed by atoms with Crippen LogP contribution in [0.15, 0.2) is 12.4 Å². The van der Waals surface area contributed by atoms with Gasteiger partial charge in [0.05, 0.1) is 38.1 Å². The molecule has 0 bridgehead atoms. The first-order valence-electron chi connectivity index (χ1n) is 4.84. The van der Waals surface area contributed by atoms with Crippen molar-refractivity contribution >= 4 is 5.78 Å². The molecule has 0 saturated heterocycles. The molecular weight excluding hydrogens is 196 g/mol. The standard InChI is InChI=1S/C10H16N2O3/c1-9(13)10-7-11-12(8-10)3-4-15-6-5-14-2/h7-8H,3-6H2,1-2H3. The van der Waals surface area contributed by atoms with E-state index in [4.69, 9.17) is 9.47 Å². The van der Waals surface area contributed by atoms with Gasteiger partial charge < -0.3 is 9.47 Å². The summed E-state index contributed by atoms with van der Waals surface area (Å²) in [6.45, 7) is 3.92. The van der Waals surface area contributed by atoms with Crippen LogP contribution in [0.1, 0.15) is 17.3 Å². The molecule has 0 fully saturated rings. The van der Waals surface area contributed by atoms with Crippen molar-refractivity contribution in [2.75, 3.05) is 26.9 Å². The Bertz CT molecular complexity index is 309. The Labute approximate surface area is 89.0 Å². The second-order valence-corrected chi connectivity index (χ2v) is 3.15. The van der Waals surface area contributed by atoms with Crippen molar-refractivity contribution in [1.29, 1.82) is 0 Å². The lowest BCUT2D eigenvalue weighted by Gasteiger charge is -2.03. The first-order valence-corrected chi connectivity index (χ1v) is 4.84. The highest BCUT2D eigenvalue weighted by Crippen LogP contribution is 1.98. The molecule has 0 aliphatic carbocycles. The Morgan fingerprint density at radius 3 is 2.87 bits per heavy atom. The average molecular weight is 212 g/mol. The van der Waals surface area contributed by atoms with Crippen molar-refractivity contribution in [3.05, 3.63) is 18.0 Å². The van der Waals surface area contributed by atoms with Gasteiger partial charge in [0.2, 0.25) is 0 Å². The molecule has 0 amide bonds. The number of Topliss-reactive ketones (excluding diaryl/α,β-unsaturated/α-hetero) is 1. The lowest BCUT2D eigenvalue weighted by molar-refractivity contribution is 0.0654. The van der Waals surface area contributed by atoms with E-state index in [1.54, 1.807) is 24.2 Å². The molecule has 0 N–H and O–H groups in total. The van der Waals surface area contributed by atoms with Crippen LogP contribution in [-0.2, 0) is 16.0 Å². The van der Waals surface area contributed by atoms with Gasteiger partial charge in [0.1, 0.15) is 0 Å². The van der Waals surface area contributed by atoms with Crippen molar-refractivity contribution in [1.82, 2.24) is 9.78 Å². The van der Waals surface area contributed by atoms with E-state index in [-0.39, 0.29) is 5.78 Å². The minimum absolute atomic E-state index is 0.0292. The molecule has 15 heavy (non-hydrogen) atoms. The largest absolute Gasteiger partial charge is 0.382 e. The van der Waals surface area contributed by atoms with Crippen LogP contribution in [0.3, 0.4) is 0 Å². The van der Waals surface area contributed by atoms with Crippen LogP contribution < -0.4 is 0 Å². The highest BCUT2D eigenvalue weighted by molar-refractivity contribution is 5.93. The molecule has 84 valence electrons. The van der Waals surface area contributed by atoms with E-state index in [2.05, 4.69) is 5.10 Å². The van der Waals surface area contributed by atoms with Gasteiger partial charge in [0.15, 0.2) is 5.78 Å². The molecule has 1 aromatic heterocycles. The van der Waals surface area contributed by atoms with E-state index in [1.807, 2.05) is 0 Å². The second-order valence-electron chi connectivity index (χ2n) is 3.15. The van der Waals surface area contributed by atoms with Crippen molar-refractivity contribution in [2.45, 2.75) is 13.5 Å². The summed E-state index contributed by atoms with van der Waals surface area (Å²) in [6.07, 6.45) is 3.29. The average Bonchev–Trinajstić information content (AvgIpc) is 2.66. The van der Waals surface area contributed by atoms with Crippen molar-refractivity contribution in [2.24, 2.45) is 0 Å². The third-order valence-corrected chi connectivity index (χ3v) is 1.94. The van der Waals surface area contributed by atoms with Gasteiger partial charge in [-0.2, -0.15) is 5.10 Å². The van der Waals surface area contributed by atoms with E-state index in [0.29, 0.717) is 31.9 Å². The number of nitrogens with zero attached hydrogens (tertiary/aromatic N) is 2. The van der Waals surface area contributed by atoms with Crippen molar-refractivity contribution in [3.8, 4) is 0 Å². The smallest absolute Gasteiger partial charge is 0.162 e. The minimum atomic E-state index is 0.0292. The van der Waals surface area contributed by atoms with Gasteiger partial charge in [-0.15, -0.1) is 0 Å². The summed E-state index contributed by atoms with van der Waals surface area (Å²) in [5.41, 5.74) is 0.631. The van der Waals surface area contributed by atoms with Gasteiger partial charge in [0, 0.05) is 13.3 Å². The molecule has 0 aliphatic heterocycles. The van der Waals surface area contributed by atoms with Crippen LogP contribution >= 0.6 is 0 Å². The Balaban J connectivity index is 2.23. The number of carbonyl (C=O) groups excluding carboxylic acids is 1. The Morgan fingerprint density at radius 2 is 2.27 bits per heavy atom. The maximum atomic E-state index is 11.0. The Hall–Kier alpha value is -1.20. The molecule has 5 nitrogen and oxygen atoms in total. The highest BCUT2D eigenvalue weighted by Gasteiger charge is 2.02. The van der Waals surface area contributed by atoms with E-state index >= 15 is 0 Å². The fourth-order valence-corrected chi connectivity index (χ4v) is 1.07. The van der Waals surface area contributed by atoms with E-state index in [1.165, 1.54) is 6.92 Å². The maximum Gasteiger partial charge on any atom is 0.162 e. The van der Waals surface area contributed by atoms with Crippen LogP contribution in [-0.4, -0.2) is 42.5 Å². The highest BCUT2D eigenvalue weighted by atomic mass is 16.5. The number of hydrogen-bond donors (Lipinski definition) is 0. The summed E-state index contributed by atoms with van der Waals surface area (Å²) in [5.74, 6) is 0.0292. The zero-order valence-corrected chi connectivity index (χ0v) is 9.10. The molecule has 1 heterocycles. The summed E-state index contributed by atoms with van der Waals surface area (Å²) in [5, 5.41) is 4.04. The predicted octanol–water partition coefficient (Wildman–Crippen LogP) is 0.749. The van der Waals surface area contributed by atoms with Gasteiger partial charge in [0.25, 0.3) is 0 Å². The van der Waals surface area contributed by atoms with Crippen LogP contribution in [0.4, 0.5) is 0 Å². The number of ether oxygens (including phenoxy) is 2. The minimum Gasteiger partial charge on any atom is -0.382 e. The lowest BCUT2D eigenvalue weighted by Crippen LogP contribution is -2.09. The van der Waals surface area contributed by atoms with Crippen molar-refractivity contribution < 1.29 is 14.3 Å². The quantitative estimate of drug-likeness (QED) is 0.494. The lowest BCUT2D eigenvalue weighted by atomic mass is 10.3. The van der Waals surface area contributed by atoms with Crippen LogP contribution in [0.5, 0.6) is 0 Å². The van der Waals surface area contributed by atoms with E-state index in [9.17, 15) is 4.79 Å². The number of carbonyl (C=O) groups is 1. The summed E-state index contributed by atoms with van der Waals surface area (Å²) in [4.78, 5) is 11.0. The zero-order valence-electron chi connectivity index (χ0n) is 9.10. The first-order chi connectivity index (χ1) is 7.24. The molecule has 5 heteroatoms. The second kappa shape index (κ2) is 6.31. The zero-order chi connectivity index (χ0) is 11.1. The van der Waals surface area contributed by atoms with Gasteiger partial charge in [-0.05, 0) is 6.92 Å². The molecule has 1 aromatic rings. The molecule has 1 rings (SSSR count). The van der Waals surface area contributed by atoms with E-state index < -0.39 is 0 Å². The topological polar surface area (TPSA) is 53.4 Å². The molecule has 0 aromatic carbocycles. The number of ketones is 1. The SMILES string of the molecule is COCCOCCn1cc(C(C)=O)cn1. The van der Waals surface area contributed by atoms with Gasteiger partial charge in [-0.1, -0.05) is 0 Å². The van der Waals surface area contributed by atoms with Crippen molar-refractivity contribution in [3.63, 3.8) is 0 Å². The number of rotatable bonds is 7. The molecule has 0 spiro atoms. The van der Waals surface area contributed by atoms with Gasteiger partial charge in [-0.3, -0.25) is 9.48 Å². The molecular formula is C10H16N2O3. The number of hydrogen-bond acceptors (Lipinski definition) is 4. The molecule has 0 atom stereocenters. The Morgan fingerprint density at radius 1 is 1.47 bits per heavy atom. The molecule has 0 saturated carbocycles.